The van der Waals surface area contributed by atoms with E-state index < -0.39 is 5.82 Å². The Morgan fingerprint density at radius 3 is 2.88 bits per heavy atom. The van der Waals surface area contributed by atoms with E-state index in [0.29, 0.717) is 47.1 Å². The summed E-state index contributed by atoms with van der Waals surface area (Å²) in [5.74, 6) is 0.0544. The number of nitrogens with zero attached hydrogens (tertiary/aromatic N) is 6. The van der Waals surface area contributed by atoms with Gasteiger partial charge in [0.2, 0.25) is 0 Å². The fraction of sp³-hybridized carbons (Fsp3) is 0.227. The van der Waals surface area contributed by atoms with Crippen LogP contribution in [0.25, 0.3) is 22.6 Å². The molecule has 5 heterocycles. The first kappa shape index (κ1) is 19.8. The molecule has 1 saturated heterocycles. The van der Waals surface area contributed by atoms with E-state index in [1.807, 2.05) is 6.21 Å². The first-order valence-electron chi connectivity index (χ1n) is 10.0. The molecular formula is C22H15F2IN6O. The summed E-state index contributed by atoms with van der Waals surface area (Å²) in [6, 6.07) is 7.80. The predicted octanol–water partition coefficient (Wildman–Crippen LogP) is 4.19. The molecule has 1 atom stereocenters. The maximum absolute atomic E-state index is 14.2. The van der Waals surface area contributed by atoms with Gasteiger partial charge in [-0.25, -0.2) is 33.4 Å². The molecular weight excluding hydrogens is 529 g/mol. The normalized spacial score (nSPS) is 19.3. The van der Waals surface area contributed by atoms with Crippen molar-refractivity contribution >= 4 is 45.7 Å². The maximum atomic E-state index is 14.2. The molecule has 0 aliphatic carbocycles. The number of hydrogen-bond donors (Lipinski definition) is 0. The Hall–Kier alpha value is -2.86. The van der Waals surface area contributed by atoms with E-state index in [2.05, 4.69) is 42.6 Å². The molecule has 32 heavy (non-hydrogen) atoms. The molecule has 7 nitrogen and oxygen atoms in total. The van der Waals surface area contributed by atoms with Crippen LogP contribution in [0.2, 0.25) is 0 Å². The second kappa shape index (κ2) is 7.34. The molecule has 10 heteroatoms. The number of aromatic nitrogens is 5. The topological polar surface area (TPSA) is 78.1 Å². The highest BCUT2D eigenvalue weighted by Crippen LogP contribution is 2.44. The quantitative estimate of drug-likeness (QED) is 0.286. The minimum absolute atomic E-state index is 0.141. The number of benzene rings is 1. The average molecular weight is 544 g/mol. The Kier molecular flexibility index (Phi) is 4.54. The van der Waals surface area contributed by atoms with Gasteiger partial charge >= 0.3 is 0 Å². The summed E-state index contributed by atoms with van der Waals surface area (Å²) in [5.41, 5.74) is 1.92. The van der Waals surface area contributed by atoms with E-state index in [1.165, 1.54) is 12.1 Å². The zero-order chi connectivity index (χ0) is 21.9. The third-order valence-corrected chi connectivity index (χ3v) is 6.65. The van der Waals surface area contributed by atoms with Gasteiger partial charge in [0.1, 0.15) is 21.0 Å². The van der Waals surface area contributed by atoms with Gasteiger partial charge in [-0.3, -0.25) is 0 Å². The Morgan fingerprint density at radius 1 is 1.19 bits per heavy atom. The number of ether oxygens (including phenoxy) is 1. The lowest BCUT2D eigenvalue weighted by atomic mass is 9.84. The second-order valence-corrected chi connectivity index (χ2v) is 8.90. The van der Waals surface area contributed by atoms with Gasteiger partial charge in [0.25, 0.3) is 0 Å². The Morgan fingerprint density at radius 2 is 2.06 bits per heavy atom. The fourth-order valence-corrected chi connectivity index (χ4v) is 5.28. The standard InChI is InChI=1S/C22H15F2IN6O/c23-13-7-14-17(30-31(21(14)26-8-13)9-12-3-1-2-4-15(12)24)20-28-18(25)16-19(29-20)27-10-22(16)5-6-32-11-22/h1-4,7-8,10H,5-6,9,11H2. The Bertz CT molecular complexity index is 1410. The van der Waals surface area contributed by atoms with Gasteiger partial charge in [-0.15, -0.1) is 0 Å². The molecule has 1 aromatic carbocycles. The van der Waals surface area contributed by atoms with Crippen molar-refractivity contribution in [3.63, 3.8) is 0 Å². The number of hydrogen-bond acceptors (Lipinski definition) is 6. The van der Waals surface area contributed by atoms with E-state index in [4.69, 9.17) is 9.72 Å². The third-order valence-electron chi connectivity index (χ3n) is 5.87. The highest BCUT2D eigenvalue weighted by Gasteiger charge is 2.43. The SMILES string of the molecule is Fc1cnc2c(c1)c(-c1nc(I)c3c(n1)N=CC31CCOC1)nn2Cc1ccccc1F. The second-order valence-electron chi connectivity index (χ2n) is 7.88. The molecule has 1 unspecified atom stereocenters. The van der Waals surface area contributed by atoms with Crippen LogP contribution in [-0.2, 0) is 16.7 Å². The summed E-state index contributed by atoms with van der Waals surface area (Å²) >= 11 is 2.18. The van der Waals surface area contributed by atoms with E-state index in [9.17, 15) is 8.78 Å². The molecule has 0 bridgehead atoms. The van der Waals surface area contributed by atoms with E-state index in [1.54, 1.807) is 22.9 Å². The van der Waals surface area contributed by atoms with Crippen molar-refractivity contribution in [2.75, 3.05) is 13.2 Å². The summed E-state index contributed by atoms with van der Waals surface area (Å²) in [6.45, 7) is 1.36. The Balaban J connectivity index is 1.50. The molecule has 2 aliphatic heterocycles. The molecule has 160 valence electrons. The van der Waals surface area contributed by atoms with Gasteiger partial charge in [-0.1, -0.05) is 18.2 Å². The summed E-state index contributed by atoms with van der Waals surface area (Å²) < 4.78 is 36.2. The van der Waals surface area contributed by atoms with Crippen molar-refractivity contribution in [2.24, 2.45) is 4.99 Å². The van der Waals surface area contributed by atoms with Crippen molar-refractivity contribution in [1.82, 2.24) is 24.7 Å². The lowest BCUT2D eigenvalue weighted by molar-refractivity contribution is 0.189. The molecule has 0 radical (unpaired) electrons. The van der Waals surface area contributed by atoms with Crippen LogP contribution in [0, 0.1) is 15.3 Å². The predicted molar refractivity (Wildman–Crippen MR) is 122 cm³/mol. The van der Waals surface area contributed by atoms with Crippen LogP contribution in [0.1, 0.15) is 17.5 Å². The molecule has 2 aliphatic rings. The molecule has 4 aromatic rings. The van der Waals surface area contributed by atoms with Gasteiger partial charge in [0, 0.05) is 23.9 Å². The van der Waals surface area contributed by atoms with Crippen molar-refractivity contribution in [3.8, 4) is 11.5 Å². The number of aliphatic imine (C=N–C) groups is 1. The Labute approximate surface area is 194 Å². The van der Waals surface area contributed by atoms with E-state index >= 15 is 0 Å². The highest BCUT2D eigenvalue weighted by molar-refractivity contribution is 14.1. The molecule has 0 N–H and O–H groups in total. The van der Waals surface area contributed by atoms with Crippen molar-refractivity contribution in [1.29, 1.82) is 0 Å². The lowest BCUT2D eigenvalue weighted by Gasteiger charge is -2.19. The van der Waals surface area contributed by atoms with Gasteiger partial charge < -0.3 is 4.74 Å². The summed E-state index contributed by atoms with van der Waals surface area (Å²) in [6.07, 6.45) is 3.84. The summed E-state index contributed by atoms with van der Waals surface area (Å²) in [7, 11) is 0. The zero-order valence-electron chi connectivity index (χ0n) is 16.6. The van der Waals surface area contributed by atoms with Crippen LogP contribution in [-0.4, -0.2) is 44.2 Å². The lowest BCUT2D eigenvalue weighted by Crippen LogP contribution is -2.27. The monoisotopic (exact) mass is 544 g/mol. The maximum Gasteiger partial charge on any atom is 0.183 e. The van der Waals surface area contributed by atoms with Crippen LogP contribution in [0.15, 0.2) is 41.5 Å². The first-order chi connectivity index (χ1) is 15.5. The van der Waals surface area contributed by atoms with Crippen molar-refractivity contribution < 1.29 is 13.5 Å². The number of halogens is 3. The molecule has 6 rings (SSSR count). The van der Waals surface area contributed by atoms with Crippen LogP contribution in [0.4, 0.5) is 14.6 Å². The fourth-order valence-electron chi connectivity index (χ4n) is 4.28. The molecule has 0 saturated carbocycles. The molecule has 0 amide bonds. The summed E-state index contributed by atoms with van der Waals surface area (Å²) in [5, 5.41) is 5.07. The van der Waals surface area contributed by atoms with E-state index in [0.717, 1.165) is 21.9 Å². The smallest absolute Gasteiger partial charge is 0.183 e. The minimum atomic E-state index is -0.500. The summed E-state index contributed by atoms with van der Waals surface area (Å²) in [4.78, 5) is 18.1. The average Bonchev–Trinajstić information content (AvgIpc) is 3.49. The van der Waals surface area contributed by atoms with Gasteiger partial charge in [-0.2, -0.15) is 5.10 Å². The number of rotatable bonds is 3. The first-order valence-corrected chi connectivity index (χ1v) is 11.1. The van der Waals surface area contributed by atoms with Gasteiger partial charge in [0.15, 0.2) is 17.3 Å². The van der Waals surface area contributed by atoms with Crippen LogP contribution in [0.5, 0.6) is 0 Å². The van der Waals surface area contributed by atoms with Gasteiger partial charge in [0.05, 0.1) is 30.1 Å². The van der Waals surface area contributed by atoms with Crippen LogP contribution >= 0.6 is 22.6 Å². The minimum Gasteiger partial charge on any atom is -0.380 e. The van der Waals surface area contributed by atoms with Crippen LogP contribution in [0.3, 0.4) is 0 Å². The van der Waals surface area contributed by atoms with Crippen molar-refractivity contribution in [2.45, 2.75) is 18.4 Å². The number of fused-ring (bicyclic) bond motifs is 3. The van der Waals surface area contributed by atoms with E-state index in [-0.39, 0.29) is 17.8 Å². The molecule has 3 aromatic heterocycles. The van der Waals surface area contributed by atoms with Crippen molar-refractivity contribution in [3.05, 3.63) is 63.0 Å². The highest BCUT2D eigenvalue weighted by atomic mass is 127. The molecule has 1 spiro atoms. The third kappa shape index (κ3) is 3.04. The zero-order valence-corrected chi connectivity index (χ0v) is 18.8. The largest absolute Gasteiger partial charge is 0.380 e. The van der Waals surface area contributed by atoms with Gasteiger partial charge in [-0.05, 0) is 41.1 Å². The number of pyridine rings is 1. The van der Waals surface area contributed by atoms with Crippen LogP contribution < -0.4 is 0 Å². The molecule has 1 fully saturated rings.